The largest absolute Gasteiger partial charge is 0.314 e. The monoisotopic (exact) mass is 440 g/mol. The van der Waals surface area contributed by atoms with E-state index in [1.54, 1.807) is 0 Å². The Hall–Kier alpha value is -4.15. The van der Waals surface area contributed by atoms with Crippen LogP contribution < -0.4 is 15.5 Å². The highest BCUT2D eigenvalue weighted by molar-refractivity contribution is 5.85. The second-order valence-electron chi connectivity index (χ2n) is 9.33. The van der Waals surface area contributed by atoms with Crippen molar-refractivity contribution in [3.8, 4) is 12.1 Å². The summed E-state index contributed by atoms with van der Waals surface area (Å²) in [4.78, 5) is 7.87. The molecule has 0 radical (unpaired) electrons. The normalized spacial score (nSPS) is 24.4. The van der Waals surface area contributed by atoms with Crippen molar-refractivity contribution >= 4 is 17.0 Å². The van der Waals surface area contributed by atoms with Gasteiger partial charge in [0.1, 0.15) is 23.4 Å². The molecule has 6 rings (SSSR count). The minimum absolute atomic E-state index is 0.133. The van der Waals surface area contributed by atoms with Gasteiger partial charge < -0.3 is 4.90 Å². The Kier molecular flexibility index (Phi) is 4.82. The third-order valence-electron chi connectivity index (χ3n) is 7.60. The molecule has 2 aliphatic heterocycles. The molecular formula is C30H24N4. The number of fused-ring (bicyclic) bond motifs is 2. The lowest BCUT2D eigenvalue weighted by molar-refractivity contribution is 0.176. The molecule has 3 atom stereocenters. The first-order valence-electron chi connectivity index (χ1n) is 11.9. The van der Waals surface area contributed by atoms with Crippen molar-refractivity contribution in [2.45, 2.75) is 37.3 Å². The highest BCUT2D eigenvalue weighted by Gasteiger charge is 2.55. The molecule has 34 heavy (non-hydrogen) atoms. The van der Waals surface area contributed by atoms with Gasteiger partial charge in [0.2, 0.25) is 0 Å². The zero-order chi connectivity index (χ0) is 23.1. The maximum Gasteiger partial charge on any atom is 0.140 e. The fourth-order valence-electron chi connectivity index (χ4n) is 6.16. The van der Waals surface area contributed by atoms with Gasteiger partial charge in [0.05, 0.1) is 11.0 Å². The summed E-state index contributed by atoms with van der Waals surface area (Å²) in [5.74, 6) is 0.619. The van der Waals surface area contributed by atoms with Gasteiger partial charge in [0, 0.05) is 22.8 Å². The molecule has 0 saturated heterocycles. The van der Waals surface area contributed by atoms with Crippen LogP contribution in [-0.4, -0.2) is 5.66 Å². The summed E-state index contributed by atoms with van der Waals surface area (Å²) in [7, 11) is 0. The number of nitrogens with zero attached hydrogens (tertiary/aromatic N) is 4. The Labute approximate surface area is 199 Å². The Morgan fingerprint density at radius 1 is 0.912 bits per heavy atom. The van der Waals surface area contributed by atoms with Crippen LogP contribution >= 0.6 is 0 Å². The van der Waals surface area contributed by atoms with E-state index in [9.17, 15) is 10.5 Å². The molecule has 3 aliphatic rings. The van der Waals surface area contributed by atoms with Crippen molar-refractivity contribution in [2.24, 2.45) is 10.9 Å². The van der Waals surface area contributed by atoms with Crippen molar-refractivity contribution in [3.05, 3.63) is 107 Å². The molecule has 0 N–H and O–H groups in total. The Balaban J connectivity index is 1.65. The van der Waals surface area contributed by atoms with Gasteiger partial charge in [0.15, 0.2) is 0 Å². The SMILES string of the molecule is N#CC(C#N)=c1ccc2c(c1)N1C(c3ccccc3)=C[C@@H](c3ccccc3)[C@H]3CCCC[C@]31N=2. The summed E-state index contributed by atoms with van der Waals surface area (Å²) in [6, 6.07) is 31.3. The third kappa shape index (κ3) is 3.00. The highest BCUT2D eigenvalue weighted by atomic mass is 15.4. The predicted molar refractivity (Wildman–Crippen MR) is 133 cm³/mol. The first-order valence-corrected chi connectivity index (χ1v) is 11.9. The van der Waals surface area contributed by atoms with Crippen molar-refractivity contribution in [2.75, 3.05) is 4.90 Å². The molecular weight excluding hydrogens is 416 g/mol. The van der Waals surface area contributed by atoms with Gasteiger partial charge in [-0.2, -0.15) is 10.5 Å². The van der Waals surface area contributed by atoms with Gasteiger partial charge >= 0.3 is 0 Å². The van der Waals surface area contributed by atoms with E-state index in [0.29, 0.717) is 11.1 Å². The van der Waals surface area contributed by atoms with Crippen LogP contribution in [0, 0.1) is 28.6 Å². The maximum absolute atomic E-state index is 9.48. The molecule has 1 spiro atoms. The van der Waals surface area contributed by atoms with Gasteiger partial charge in [-0.25, -0.2) is 0 Å². The molecule has 1 saturated carbocycles. The number of rotatable bonds is 2. The van der Waals surface area contributed by atoms with Crippen LogP contribution in [0.3, 0.4) is 0 Å². The van der Waals surface area contributed by atoms with Crippen LogP contribution in [0.5, 0.6) is 0 Å². The number of nitriles is 2. The van der Waals surface area contributed by atoms with Gasteiger partial charge in [0.25, 0.3) is 0 Å². The maximum atomic E-state index is 9.48. The Bertz CT molecular complexity index is 1480. The van der Waals surface area contributed by atoms with E-state index in [1.165, 1.54) is 12.0 Å². The number of hydrogen-bond donors (Lipinski definition) is 0. The van der Waals surface area contributed by atoms with Crippen molar-refractivity contribution in [1.29, 1.82) is 10.5 Å². The smallest absolute Gasteiger partial charge is 0.140 e. The average molecular weight is 441 g/mol. The Morgan fingerprint density at radius 2 is 1.65 bits per heavy atom. The molecule has 1 fully saturated rings. The summed E-state index contributed by atoms with van der Waals surface area (Å²) < 4.78 is 0. The summed E-state index contributed by atoms with van der Waals surface area (Å²) in [5.41, 5.74) is 4.41. The van der Waals surface area contributed by atoms with Crippen molar-refractivity contribution < 1.29 is 0 Å². The van der Waals surface area contributed by atoms with E-state index in [-0.39, 0.29) is 17.2 Å². The molecule has 164 valence electrons. The van der Waals surface area contributed by atoms with Crippen LogP contribution in [0.25, 0.3) is 11.3 Å². The lowest BCUT2D eigenvalue weighted by Crippen LogP contribution is -2.55. The summed E-state index contributed by atoms with van der Waals surface area (Å²) in [6.07, 6.45) is 6.87. The first kappa shape index (κ1) is 20.5. The number of hydrogen-bond acceptors (Lipinski definition) is 4. The van der Waals surface area contributed by atoms with Crippen LogP contribution in [0.15, 0.2) is 89.9 Å². The fourth-order valence-corrected chi connectivity index (χ4v) is 6.16. The van der Waals surface area contributed by atoms with E-state index in [0.717, 1.165) is 41.6 Å². The fraction of sp³-hybridized carbons (Fsp3) is 0.233. The zero-order valence-electron chi connectivity index (χ0n) is 18.9. The van der Waals surface area contributed by atoms with Gasteiger partial charge in [-0.05, 0) is 42.5 Å². The average Bonchev–Trinajstić information content (AvgIpc) is 3.22. The molecule has 0 bridgehead atoms. The molecule has 3 aromatic carbocycles. The molecule has 2 heterocycles. The third-order valence-corrected chi connectivity index (χ3v) is 7.60. The second kappa shape index (κ2) is 8.01. The van der Waals surface area contributed by atoms with Gasteiger partial charge in [-0.3, -0.25) is 4.99 Å². The number of anilines is 1. The summed E-state index contributed by atoms with van der Waals surface area (Å²) in [5, 5.41) is 20.6. The van der Waals surface area contributed by atoms with E-state index in [4.69, 9.17) is 4.99 Å². The summed E-state index contributed by atoms with van der Waals surface area (Å²) in [6.45, 7) is 0. The van der Waals surface area contributed by atoms with E-state index in [2.05, 4.69) is 65.6 Å². The molecule has 0 amide bonds. The zero-order valence-corrected chi connectivity index (χ0v) is 18.9. The minimum Gasteiger partial charge on any atom is -0.314 e. The molecule has 4 heteroatoms. The van der Waals surface area contributed by atoms with Crippen molar-refractivity contribution in [3.63, 3.8) is 0 Å². The Morgan fingerprint density at radius 3 is 2.38 bits per heavy atom. The lowest BCUT2D eigenvalue weighted by atomic mass is 9.66. The van der Waals surface area contributed by atoms with E-state index < -0.39 is 0 Å². The summed E-state index contributed by atoms with van der Waals surface area (Å²) >= 11 is 0. The molecule has 0 unspecified atom stereocenters. The minimum atomic E-state index is -0.362. The molecule has 1 aliphatic carbocycles. The van der Waals surface area contributed by atoms with Crippen LogP contribution in [0.1, 0.15) is 42.7 Å². The predicted octanol–water partition coefficient (Wildman–Crippen LogP) is 5.05. The van der Waals surface area contributed by atoms with E-state index in [1.807, 2.05) is 36.4 Å². The standard InChI is InChI=1S/C30H24N4/c31-19-24(20-32)23-14-15-27-29(17-23)34-28(22-11-5-2-6-12-22)18-25(21-9-3-1-4-10-21)26-13-7-8-16-30(26,34)33-27/h1-6,9-12,14-15,17-18,25-26H,7-8,13,16H2/t25-,26+,30+/m0/s1. The van der Waals surface area contributed by atoms with E-state index >= 15 is 0 Å². The first-order chi connectivity index (χ1) is 16.7. The molecule has 4 nitrogen and oxygen atoms in total. The topological polar surface area (TPSA) is 63.2 Å². The van der Waals surface area contributed by atoms with Crippen molar-refractivity contribution in [1.82, 2.24) is 0 Å². The van der Waals surface area contributed by atoms with Crippen LogP contribution in [0.4, 0.5) is 5.69 Å². The second-order valence-corrected chi connectivity index (χ2v) is 9.33. The van der Waals surface area contributed by atoms with Crippen LogP contribution in [-0.2, 0) is 0 Å². The highest BCUT2D eigenvalue weighted by Crippen LogP contribution is 2.55. The van der Waals surface area contributed by atoms with Gasteiger partial charge in [-0.1, -0.05) is 79.2 Å². The lowest BCUT2D eigenvalue weighted by Gasteiger charge is -2.53. The molecule has 0 aromatic heterocycles. The van der Waals surface area contributed by atoms with Gasteiger partial charge in [-0.15, -0.1) is 0 Å². The van der Waals surface area contributed by atoms with Crippen LogP contribution in [0.2, 0.25) is 0 Å². The quantitative estimate of drug-likeness (QED) is 0.560. The molecule has 3 aromatic rings. The number of allylic oxidation sites excluding steroid dienone is 1. The number of benzene rings is 3.